The van der Waals surface area contributed by atoms with Crippen molar-refractivity contribution in [2.45, 2.75) is 26.9 Å². The molecule has 0 saturated carbocycles. The van der Waals surface area contributed by atoms with Crippen LogP contribution in [0.15, 0.2) is 24.3 Å². The summed E-state index contributed by atoms with van der Waals surface area (Å²) in [5.74, 6) is 2.09. The number of methoxy groups -OCH3 is 1. The summed E-state index contributed by atoms with van der Waals surface area (Å²) in [7, 11) is 1.64. The van der Waals surface area contributed by atoms with Crippen LogP contribution < -0.4 is 10.1 Å². The molecule has 0 saturated heterocycles. The average molecular weight is 251 g/mol. The highest BCUT2D eigenvalue weighted by atomic mass is 16.5. The third kappa shape index (κ3) is 4.67. The minimum absolute atomic E-state index is 0.463. The Kier molecular flexibility index (Phi) is 6.16. The predicted octanol–water partition coefficient (Wildman–Crippen LogP) is 2.61. The van der Waals surface area contributed by atoms with Gasteiger partial charge in [0.15, 0.2) is 0 Å². The van der Waals surface area contributed by atoms with E-state index >= 15 is 0 Å². The van der Waals surface area contributed by atoms with Crippen LogP contribution in [0.5, 0.6) is 5.75 Å². The van der Waals surface area contributed by atoms with Gasteiger partial charge in [-0.25, -0.2) is 0 Å². The van der Waals surface area contributed by atoms with Gasteiger partial charge in [-0.15, -0.1) is 0 Å². The quantitative estimate of drug-likeness (QED) is 0.782. The first-order valence-electron chi connectivity index (χ1n) is 6.57. The Morgan fingerprint density at radius 3 is 2.22 bits per heavy atom. The molecule has 2 atom stereocenters. The summed E-state index contributed by atoms with van der Waals surface area (Å²) in [6, 6.07) is 7.54. The molecule has 0 aliphatic carbocycles. The Labute approximate surface area is 110 Å². The van der Waals surface area contributed by atoms with Crippen molar-refractivity contribution in [1.29, 1.82) is 0 Å². The van der Waals surface area contributed by atoms with Crippen LogP contribution in [0.25, 0.3) is 0 Å². The van der Waals surface area contributed by atoms with Crippen molar-refractivity contribution in [2.75, 3.05) is 20.2 Å². The molecule has 0 fully saturated rings. The van der Waals surface area contributed by atoms with Crippen LogP contribution in [0.1, 0.15) is 32.4 Å². The second-order valence-electron chi connectivity index (χ2n) is 5.17. The summed E-state index contributed by atoms with van der Waals surface area (Å²) >= 11 is 0. The van der Waals surface area contributed by atoms with E-state index in [4.69, 9.17) is 4.74 Å². The average Bonchev–Trinajstić information content (AvgIpc) is 2.38. The van der Waals surface area contributed by atoms with Crippen molar-refractivity contribution in [3.63, 3.8) is 0 Å². The molecule has 1 rings (SSSR count). The maximum absolute atomic E-state index is 10.0. The number of nitrogens with one attached hydrogen (secondary N) is 1. The second-order valence-corrected chi connectivity index (χ2v) is 5.17. The molecule has 0 spiro atoms. The molecule has 1 aromatic rings. The predicted molar refractivity (Wildman–Crippen MR) is 74.8 cm³/mol. The first-order chi connectivity index (χ1) is 8.54. The molecule has 18 heavy (non-hydrogen) atoms. The molecule has 1 aromatic carbocycles. The van der Waals surface area contributed by atoms with E-state index in [0.29, 0.717) is 18.4 Å². The van der Waals surface area contributed by atoms with Gasteiger partial charge in [0.1, 0.15) is 5.75 Å². The Morgan fingerprint density at radius 1 is 1.11 bits per heavy atom. The summed E-state index contributed by atoms with van der Waals surface area (Å²) in [5, 5.41) is 13.3. The Morgan fingerprint density at radius 2 is 1.72 bits per heavy atom. The number of benzene rings is 1. The third-order valence-electron chi connectivity index (χ3n) is 3.44. The number of ether oxygens (including phenoxy) is 1. The van der Waals surface area contributed by atoms with E-state index in [0.717, 1.165) is 17.9 Å². The molecular formula is C15H25NO2. The lowest BCUT2D eigenvalue weighted by molar-refractivity contribution is 0.171. The Hall–Kier alpha value is -1.06. The monoisotopic (exact) mass is 251 g/mol. The minimum atomic E-state index is -0.463. The van der Waals surface area contributed by atoms with E-state index in [9.17, 15) is 5.11 Å². The number of aliphatic hydroxyl groups excluding tert-OH is 1. The zero-order valence-electron chi connectivity index (χ0n) is 11.8. The van der Waals surface area contributed by atoms with E-state index in [1.54, 1.807) is 7.11 Å². The van der Waals surface area contributed by atoms with Gasteiger partial charge in [0.25, 0.3) is 0 Å². The van der Waals surface area contributed by atoms with Crippen LogP contribution in [0.3, 0.4) is 0 Å². The van der Waals surface area contributed by atoms with E-state index in [1.807, 2.05) is 24.3 Å². The molecule has 2 N–H and O–H groups in total. The van der Waals surface area contributed by atoms with Gasteiger partial charge in [-0.2, -0.15) is 0 Å². The fourth-order valence-corrected chi connectivity index (χ4v) is 1.63. The molecule has 0 amide bonds. The topological polar surface area (TPSA) is 41.5 Å². The van der Waals surface area contributed by atoms with Crippen LogP contribution in [-0.2, 0) is 0 Å². The molecule has 0 radical (unpaired) electrons. The molecule has 0 bridgehead atoms. The van der Waals surface area contributed by atoms with Crippen LogP contribution in [0.4, 0.5) is 0 Å². The highest BCUT2D eigenvalue weighted by Gasteiger charge is 2.10. The zero-order chi connectivity index (χ0) is 13.5. The van der Waals surface area contributed by atoms with Gasteiger partial charge < -0.3 is 15.2 Å². The van der Waals surface area contributed by atoms with E-state index < -0.39 is 6.10 Å². The highest BCUT2D eigenvalue weighted by Crippen LogP contribution is 2.17. The summed E-state index contributed by atoms with van der Waals surface area (Å²) in [5.41, 5.74) is 0.917. The molecule has 0 aromatic heterocycles. The first-order valence-corrected chi connectivity index (χ1v) is 6.57. The number of hydrogen-bond donors (Lipinski definition) is 2. The molecule has 0 aliphatic heterocycles. The summed E-state index contributed by atoms with van der Waals surface area (Å²) in [6.07, 6.45) is -0.463. The summed E-state index contributed by atoms with van der Waals surface area (Å²) < 4.78 is 5.09. The van der Waals surface area contributed by atoms with E-state index in [-0.39, 0.29) is 0 Å². The van der Waals surface area contributed by atoms with Crippen molar-refractivity contribution in [2.24, 2.45) is 11.8 Å². The number of aliphatic hydroxyl groups is 1. The van der Waals surface area contributed by atoms with Gasteiger partial charge in [-0.3, -0.25) is 0 Å². The number of rotatable bonds is 7. The van der Waals surface area contributed by atoms with Crippen LogP contribution in [0.2, 0.25) is 0 Å². The standard InChI is InChI=1S/C15H25NO2/c1-11(2)12(3)9-16-10-15(17)13-5-7-14(18-4)8-6-13/h5-8,11-12,15-17H,9-10H2,1-4H3. The normalized spacial score (nSPS) is 14.6. The lowest BCUT2D eigenvalue weighted by Gasteiger charge is -2.18. The molecule has 0 aliphatic rings. The fraction of sp³-hybridized carbons (Fsp3) is 0.600. The van der Waals surface area contributed by atoms with Gasteiger partial charge >= 0.3 is 0 Å². The zero-order valence-corrected chi connectivity index (χ0v) is 11.8. The smallest absolute Gasteiger partial charge is 0.118 e. The molecular weight excluding hydrogens is 226 g/mol. The van der Waals surface area contributed by atoms with E-state index in [2.05, 4.69) is 26.1 Å². The SMILES string of the molecule is COc1ccc(C(O)CNCC(C)C(C)C)cc1. The largest absolute Gasteiger partial charge is 0.497 e. The number of hydrogen-bond acceptors (Lipinski definition) is 3. The third-order valence-corrected chi connectivity index (χ3v) is 3.44. The first kappa shape index (κ1) is 15.0. The van der Waals surface area contributed by atoms with Gasteiger partial charge in [0.2, 0.25) is 0 Å². The van der Waals surface area contributed by atoms with Gasteiger partial charge in [-0.1, -0.05) is 32.9 Å². The van der Waals surface area contributed by atoms with Crippen molar-refractivity contribution >= 4 is 0 Å². The fourth-order valence-electron chi connectivity index (χ4n) is 1.63. The van der Waals surface area contributed by atoms with Crippen molar-refractivity contribution in [1.82, 2.24) is 5.32 Å². The van der Waals surface area contributed by atoms with Gasteiger partial charge in [0, 0.05) is 6.54 Å². The lowest BCUT2D eigenvalue weighted by atomic mass is 9.98. The minimum Gasteiger partial charge on any atom is -0.497 e. The van der Waals surface area contributed by atoms with Crippen molar-refractivity contribution in [3.05, 3.63) is 29.8 Å². The van der Waals surface area contributed by atoms with Crippen LogP contribution in [0, 0.1) is 11.8 Å². The summed E-state index contributed by atoms with van der Waals surface area (Å²) in [4.78, 5) is 0. The van der Waals surface area contributed by atoms with Crippen molar-refractivity contribution in [3.8, 4) is 5.75 Å². The molecule has 3 heteroatoms. The molecule has 0 heterocycles. The Balaban J connectivity index is 2.37. The van der Waals surface area contributed by atoms with Gasteiger partial charge in [0.05, 0.1) is 13.2 Å². The maximum Gasteiger partial charge on any atom is 0.118 e. The second kappa shape index (κ2) is 7.39. The Bertz CT molecular complexity index is 335. The van der Waals surface area contributed by atoms with E-state index in [1.165, 1.54) is 0 Å². The van der Waals surface area contributed by atoms with Crippen LogP contribution in [-0.4, -0.2) is 25.3 Å². The highest BCUT2D eigenvalue weighted by molar-refractivity contribution is 5.28. The molecule has 3 nitrogen and oxygen atoms in total. The van der Waals surface area contributed by atoms with Gasteiger partial charge in [-0.05, 0) is 36.1 Å². The maximum atomic E-state index is 10.0. The molecule has 102 valence electrons. The molecule has 2 unspecified atom stereocenters. The van der Waals surface area contributed by atoms with Crippen LogP contribution >= 0.6 is 0 Å². The van der Waals surface area contributed by atoms with Crippen molar-refractivity contribution < 1.29 is 9.84 Å². The lowest BCUT2D eigenvalue weighted by Crippen LogP contribution is -2.28. The summed E-state index contributed by atoms with van der Waals surface area (Å²) in [6.45, 7) is 8.17.